The minimum atomic E-state index is -4.55. The Hall–Kier alpha value is -2.16. The molecule has 19 heavy (non-hydrogen) atoms. The van der Waals surface area contributed by atoms with E-state index in [4.69, 9.17) is 6.42 Å². The van der Waals surface area contributed by atoms with Crippen molar-refractivity contribution >= 4 is 5.78 Å². The van der Waals surface area contributed by atoms with E-state index in [1.54, 1.807) is 0 Å². The first-order valence-electron chi connectivity index (χ1n) is 5.49. The Morgan fingerprint density at radius 1 is 1.26 bits per heavy atom. The van der Waals surface area contributed by atoms with Crippen LogP contribution in [-0.4, -0.2) is 12.0 Å². The molecule has 0 spiro atoms. The Balaban J connectivity index is 2.16. The van der Waals surface area contributed by atoms with Gasteiger partial charge in [-0.2, -0.15) is 13.2 Å². The lowest BCUT2D eigenvalue weighted by atomic mass is 9.99. The Kier molecular flexibility index (Phi) is 3.14. The molecule has 0 saturated carbocycles. The molecule has 0 atom stereocenters. The third-order valence-electron chi connectivity index (χ3n) is 2.80. The van der Waals surface area contributed by atoms with E-state index in [2.05, 4.69) is 16.1 Å². The summed E-state index contributed by atoms with van der Waals surface area (Å²) in [5.41, 5.74) is -2.20. The molecule has 0 bridgehead atoms. The number of carbonyl (C=O) groups is 1. The number of carbonyl (C=O) groups excluding carboxylic acids is 1. The van der Waals surface area contributed by atoms with E-state index >= 15 is 0 Å². The van der Waals surface area contributed by atoms with Crippen molar-refractivity contribution in [1.29, 1.82) is 0 Å². The molecule has 1 aromatic carbocycles. The van der Waals surface area contributed by atoms with Gasteiger partial charge in [-0.25, -0.2) is 0 Å². The summed E-state index contributed by atoms with van der Waals surface area (Å²) in [5, 5.41) is 6.18. The number of Topliss-reactive ketones (excluding diaryl/α,β-unsaturated/α-hetero) is 1. The molecule has 0 unspecified atom stereocenters. The highest BCUT2D eigenvalue weighted by Gasteiger charge is 2.65. The summed E-state index contributed by atoms with van der Waals surface area (Å²) in [4.78, 5) is 11.6. The van der Waals surface area contributed by atoms with Crippen LogP contribution < -0.4 is 0 Å². The molecule has 98 valence electrons. The molecule has 6 heteroatoms. The molecule has 1 heterocycles. The van der Waals surface area contributed by atoms with Crippen LogP contribution in [-0.2, 0) is 5.66 Å². The average Bonchev–Trinajstić information content (AvgIpc) is 3.17. The minimum absolute atomic E-state index is 0.0894. The molecule has 0 radical (unpaired) electrons. The smallest absolute Gasteiger partial charge is 0.294 e. The van der Waals surface area contributed by atoms with Gasteiger partial charge in [0.1, 0.15) is 0 Å². The predicted octanol–water partition coefficient (Wildman–Crippen LogP) is 3.46. The normalized spacial score (nSPS) is 15.9. The second-order valence-electron chi connectivity index (χ2n) is 4.07. The topological polar surface area (TPSA) is 41.8 Å². The first-order valence-corrected chi connectivity index (χ1v) is 5.49. The van der Waals surface area contributed by atoms with Crippen LogP contribution in [0.1, 0.15) is 28.8 Å². The van der Waals surface area contributed by atoms with Crippen LogP contribution in [0.15, 0.2) is 34.5 Å². The second-order valence-corrected chi connectivity index (χ2v) is 4.07. The maximum atomic E-state index is 12.7. The minimum Gasteiger partial charge on any atom is -0.294 e. The van der Waals surface area contributed by atoms with Crippen molar-refractivity contribution in [1.82, 2.24) is 0 Å². The van der Waals surface area contributed by atoms with Gasteiger partial charge in [0, 0.05) is 24.0 Å². The van der Waals surface area contributed by atoms with Crippen LogP contribution in [0.25, 0.3) is 0 Å². The zero-order valence-electron chi connectivity index (χ0n) is 9.74. The van der Waals surface area contributed by atoms with Gasteiger partial charge in [-0.1, -0.05) is 24.3 Å². The average molecular weight is 266 g/mol. The van der Waals surface area contributed by atoms with Gasteiger partial charge in [0.25, 0.3) is 0 Å². The number of hydrogen-bond donors (Lipinski definition) is 0. The van der Waals surface area contributed by atoms with Crippen LogP contribution in [0.4, 0.5) is 13.2 Å². The first-order chi connectivity index (χ1) is 8.90. The first kappa shape index (κ1) is 13.3. The summed E-state index contributed by atoms with van der Waals surface area (Å²) < 4.78 is 38.2. The standard InChI is InChI=1S/C13H9F3N2O/c1-2-3-4-11(19)9-5-7-10(8-6-9)12(17-18-12)13(14,15)16/h1,5-8H,3-4H2. The van der Waals surface area contributed by atoms with E-state index in [1.165, 1.54) is 24.3 Å². The molecule has 2 rings (SSSR count). The summed E-state index contributed by atoms with van der Waals surface area (Å²) in [6.07, 6.45) is 0.966. The fourth-order valence-corrected chi connectivity index (χ4v) is 1.66. The lowest BCUT2D eigenvalue weighted by molar-refractivity contribution is -0.166. The lowest BCUT2D eigenvalue weighted by Crippen LogP contribution is -2.30. The van der Waals surface area contributed by atoms with Crippen LogP contribution in [0.2, 0.25) is 0 Å². The van der Waals surface area contributed by atoms with Gasteiger partial charge >= 0.3 is 11.8 Å². The number of halogens is 3. The molecule has 1 aliphatic heterocycles. The summed E-state index contributed by atoms with van der Waals surface area (Å²) in [5.74, 6) is 2.14. The number of alkyl halides is 3. The van der Waals surface area contributed by atoms with E-state index in [1.807, 2.05) is 0 Å². The van der Waals surface area contributed by atoms with Crippen molar-refractivity contribution in [3.63, 3.8) is 0 Å². The molecule has 0 aliphatic carbocycles. The Bertz CT molecular complexity index is 561. The fourth-order valence-electron chi connectivity index (χ4n) is 1.66. The van der Waals surface area contributed by atoms with Crippen LogP contribution in [0.3, 0.4) is 0 Å². The van der Waals surface area contributed by atoms with Gasteiger partial charge in [-0.15, -0.1) is 22.6 Å². The quantitative estimate of drug-likeness (QED) is 0.607. The third kappa shape index (κ3) is 2.36. The van der Waals surface area contributed by atoms with E-state index in [9.17, 15) is 18.0 Å². The Labute approximate surface area is 107 Å². The number of ketones is 1. The molecule has 1 aliphatic rings. The lowest BCUT2D eigenvalue weighted by Gasteiger charge is -2.14. The van der Waals surface area contributed by atoms with Gasteiger partial charge in [0.05, 0.1) is 0 Å². The number of rotatable bonds is 4. The fraction of sp³-hybridized carbons (Fsp3) is 0.308. The van der Waals surface area contributed by atoms with E-state index in [0.717, 1.165) is 0 Å². The van der Waals surface area contributed by atoms with Crippen LogP contribution in [0, 0.1) is 12.3 Å². The molecule has 0 aromatic heterocycles. The monoisotopic (exact) mass is 266 g/mol. The van der Waals surface area contributed by atoms with E-state index < -0.39 is 11.8 Å². The van der Waals surface area contributed by atoms with Crippen molar-refractivity contribution in [3.8, 4) is 12.3 Å². The van der Waals surface area contributed by atoms with Crippen LogP contribution >= 0.6 is 0 Å². The van der Waals surface area contributed by atoms with Crippen molar-refractivity contribution in [3.05, 3.63) is 35.4 Å². The largest absolute Gasteiger partial charge is 0.442 e. The Morgan fingerprint density at radius 3 is 2.26 bits per heavy atom. The molecule has 3 nitrogen and oxygen atoms in total. The Morgan fingerprint density at radius 2 is 1.84 bits per heavy atom. The zero-order valence-corrected chi connectivity index (χ0v) is 9.74. The highest BCUT2D eigenvalue weighted by atomic mass is 19.4. The number of terminal acetylenes is 1. The molecule has 0 fully saturated rings. The highest BCUT2D eigenvalue weighted by Crippen LogP contribution is 2.52. The van der Waals surface area contributed by atoms with Gasteiger partial charge in [-0.3, -0.25) is 4.79 Å². The van der Waals surface area contributed by atoms with Gasteiger partial charge < -0.3 is 0 Å². The summed E-state index contributed by atoms with van der Waals surface area (Å²) >= 11 is 0. The number of benzene rings is 1. The predicted molar refractivity (Wildman–Crippen MR) is 61.4 cm³/mol. The SMILES string of the molecule is C#CCCC(=O)c1ccc(C2(C(F)(F)F)N=N2)cc1. The van der Waals surface area contributed by atoms with Crippen molar-refractivity contribution < 1.29 is 18.0 Å². The summed E-state index contributed by atoms with van der Waals surface area (Å²) in [6.45, 7) is 0. The van der Waals surface area contributed by atoms with Crippen molar-refractivity contribution in [2.75, 3.05) is 0 Å². The third-order valence-corrected chi connectivity index (χ3v) is 2.80. The number of nitrogens with zero attached hydrogens (tertiary/aromatic N) is 2. The molecule has 0 saturated heterocycles. The molecule has 0 amide bonds. The van der Waals surface area contributed by atoms with Crippen molar-refractivity contribution in [2.24, 2.45) is 10.2 Å². The second kappa shape index (κ2) is 4.50. The maximum absolute atomic E-state index is 12.7. The van der Waals surface area contributed by atoms with Crippen LogP contribution in [0.5, 0.6) is 0 Å². The van der Waals surface area contributed by atoms with E-state index in [-0.39, 0.29) is 17.8 Å². The molecular formula is C13H9F3N2O. The molecular weight excluding hydrogens is 257 g/mol. The van der Waals surface area contributed by atoms with E-state index in [0.29, 0.717) is 12.0 Å². The van der Waals surface area contributed by atoms with Gasteiger partial charge in [0.2, 0.25) is 0 Å². The summed E-state index contributed by atoms with van der Waals surface area (Å²) in [6, 6.07) is 5.11. The highest BCUT2D eigenvalue weighted by molar-refractivity contribution is 5.96. The molecule has 0 N–H and O–H groups in total. The maximum Gasteiger partial charge on any atom is 0.442 e. The van der Waals surface area contributed by atoms with Gasteiger partial charge in [-0.05, 0) is 0 Å². The zero-order chi connectivity index (χ0) is 14.1. The number of hydrogen-bond acceptors (Lipinski definition) is 3. The molecule has 1 aromatic rings. The van der Waals surface area contributed by atoms with Gasteiger partial charge in [0.15, 0.2) is 5.78 Å². The summed E-state index contributed by atoms with van der Waals surface area (Å²) in [7, 11) is 0. The van der Waals surface area contributed by atoms with Crippen molar-refractivity contribution in [2.45, 2.75) is 24.7 Å².